The average Bonchev–Trinajstić information content (AvgIpc) is 2.90. The summed E-state index contributed by atoms with van der Waals surface area (Å²) >= 11 is 0. The van der Waals surface area contributed by atoms with Gasteiger partial charge < -0.3 is 15.4 Å². The fourth-order valence-electron chi connectivity index (χ4n) is 2.67. The molecule has 4 heteroatoms. The maximum atomic E-state index is 5.92. The highest BCUT2D eigenvalue weighted by molar-refractivity contribution is 4.76. The van der Waals surface area contributed by atoms with E-state index in [-0.39, 0.29) is 0 Å². The van der Waals surface area contributed by atoms with Gasteiger partial charge in [0.05, 0.1) is 12.7 Å². The van der Waals surface area contributed by atoms with Gasteiger partial charge in [0.15, 0.2) is 0 Å². The predicted octanol–water partition coefficient (Wildman–Crippen LogP) is 0.132. The van der Waals surface area contributed by atoms with Crippen LogP contribution in [0.25, 0.3) is 0 Å². The Morgan fingerprint density at radius 3 is 2.62 bits per heavy atom. The van der Waals surface area contributed by atoms with E-state index >= 15 is 0 Å². The van der Waals surface area contributed by atoms with Crippen molar-refractivity contribution in [2.45, 2.75) is 25.4 Å². The topological polar surface area (TPSA) is 41.7 Å². The Morgan fingerprint density at radius 2 is 1.88 bits per heavy atom. The van der Waals surface area contributed by atoms with Crippen molar-refractivity contribution < 1.29 is 4.74 Å². The summed E-state index contributed by atoms with van der Waals surface area (Å²) in [6.45, 7) is 8.59. The highest BCUT2D eigenvalue weighted by Gasteiger charge is 2.22. The van der Waals surface area contributed by atoms with Crippen LogP contribution in [0.4, 0.5) is 0 Å². The van der Waals surface area contributed by atoms with Gasteiger partial charge in [-0.25, -0.2) is 0 Å². The molecule has 16 heavy (non-hydrogen) atoms. The summed E-state index contributed by atoms with van der Waals surface area (Å²) in [6.07, 6.45) is 4.37. The van der Waals surface area contributed by atoms with Gasteiger partial charge in [0, 0.05) is 32.7 Å². The van der Waals surface area contributed by atoms with Gasteiger partial charge >= 0.3 is 0 Å². The van der Waals surface area contributed by atoms with Crippen LogP contribution in [0.1, 0.15) is 19.3 Å². The standard InChI is InChI=1S/C12H25N3O/c13-4-8-15-7-3-12(11-15)16-10-9-14-5-1-2-6-14/h12H,1-11,13H2. The van der Waals surface area contributed by atoms with E-state index in [0.717, 1.165) is 39.3 Å². The zero-order valence-electron chi connectivity index (χ0n) is 10.2. The lowest BCUT2D eigenvalue weighted by molar-refractivity contribution is 0.0466. The summed E-state index contributed by atoms with van der Waals surface area (Å²) in [7, 11) is 0. The van der Waals surface area contributed by atoms with Gasteiger partial charge in [0.2, 0.25) is 0 Å². The SMILES string of the molecule is NCCN1CCC(OCCN2CCCC2)C1. The molecule has 4 nitrogen and oxygen atoms in total. The van der Waals surface area contributed by atoms with Crippen LogP contribution in [-0.4, -0.2) is 68.3 Å². The van der Waals surface area contributed by atoms with E-state index in [9.17, 15) is 0 Å². The zero-order valence-corrected chi connectivity index (χ0v) is 10.2. The Kier molecular flexibility index (Phi) is 5.03. The highest BCUT2D eigenvalue weighted by Crippen LogP contribution is 2.12. The zero-order chi connectivity index (χ0) is 11.2. The number of nitrogens with zero attached hydrogens (tertiary/aromatic N) is 2. The van der Waals surface area contributed by atoms with E-state index in [1.165, 1.54) is 32.4 Å². The van der Waals surface area contributed by atoms with E-state index in [4.69, 9.17) is 10.5 Å². The van der Waals surface area contributed by atoms with E-state index in [1.807, 2.05) is 0 Å². The van der Waals surface area contributed by atoms with Crippen molar-refractivity contribution in [2.24, 2.45) is 5.73 Å². The Labute approximate surface area is 98.7 Å². The molecule has 0 radical (unpaired) electrons. The van der Waals surface area contributed by atoms with Gasteiger partial charge in [0.25, 0.3) is 0 Å². The summed E-state index contributed by atoms with van der Waals surface area (Å²) in [5.41, 5.74) is 5.55. The minimum absolute atomic E-state index is 0.453. The molecule has 1 unspecified atom stereocenters. The Hall–Kier alpha value is -0.160. The number of hydrogen-bond acceptors (Lipinski definition) is 4. The van der Waals surface area contributed by atoms with E-state index in [2.05, 4.69) is 9.80 Å². The minimum Gasteiger partial charge on any atom is -0.376 e. The summed E-state index contributed by atoms with van der Waals surface area (Å²) < 4.78 is 5.92. The molecule has 0 bridgehead atoms. The number of ether oxygens (including phenoxy) is 1. The van der Waals surface area contributed by atoms with Crippen molar-refractivity contribution in [2.75, 3.05) is 52.4 Å². The fourth-order valence-corrected chi connectivity index (χ4v) is 2.67. The molecule has 0 aliphatic carbocycles. The van der Waals surface area contributed by atoms with Crippen LogP contribution in [-0.2, 0) is 4.74 Å². The molecule has 2 fully saturated rings. The molecule has 1 atom stereocenters. The van der Waals surface area contributed by atoms with Crippen LogP contribution in [0.2, 0.25) is 0 Å². The van der Waals surface area contributed by atoms with Crippen LogP contribution in [0.5, 0.6) is 0 Å². The average molecular weight is 227 g/mol. The summed E-state index contributed by atoms with van der Waals surface area (Å²) in [5, 5.41) is 0. The lowest BCUT2D eigenvalue weighted by atomic mass is 10.3. The Balaban J connectivity index is 1.53. The van der Waals surface area contributed by atoms with Gasteiger partial charge in [-0.15, -0.1) is 0 Å². The summed E-state index contributed by atoms with van der Waals surface area (Å²) in [5.74, 6) is 0. The fraction of sp³-hybridized carbons (Fsp3) is 1.00. The molecule has 2 rings (SSSR count). The van der Waals surface area contributed by atoms with Crippen molar-refractivity contribution in [1.29, 1.82) is 0 Å². The van der Waals surface area contributed by atoms with E-state index in [0.29, 0.717) is 6.10 Å². The predicted molar refractivity (Wildman–Crippen MR) is 65.5 cm³/mol. The first-order chi connectivity index (χ1) is 7.88. The minimum atomic E-state index is 0.453. The third kappa shape index (κ3) is 3.70. The molecule has 0 saturated carbocycles. The van der Waals surface area contributed by atoms with Crippen molar-refractivity contribution in [3.8, 4) is 0 Å². The molecular formula is C12H25N3O. The number of likely N-dealkylation sites (tertiary alicyclic amines) is 2. The van der Waals surface area contributed by atoms with Gasteiger partial charge in [0.1, 0.15) is 0 Å². The normalized spacial score (nSPS) is 27.9. The second kappa shape index (κ2) is 6.55. The second-order valence-corrected chi connectivity index (χ2v) is 4.92. The van der Waals surface area contributed by atoms with Gasteiger partial charge in [-0.2, -0.15) is 0 Å². The molecule has 0 spiro atoms. The molecule has 0 aromatic heterocycles. The Morgan fingerprint density at radius 1 is 1.06 bits per heavy atom. The van der Waals surface area contributed by atoms with Crippen LogP contribution in [0.3, 0.4) is 0 Å². The number of nitrogens with two attached hydrogens (primary N) is 1. The third-order valence-corrected chi connectivity index (χ3v) is 3.63. The molecule has 0 amide bonds. The second-order valence-electron chi connectivity index (χ2n) is 4.92. The first kappa shape index (κ1) is 12.3. The highest BCUT2D eigenvalue weighted by atomic mass is 16.5. The first-order valence-electron chi connectivity index (χ1n) is 6.65. The molecule has 2 N–H and O–H groups in total. The molecule has 2 aliphatic rings. The number of hydrogen-bond donors (Lipinski definition) is 1. The molecule has 0 aromatic carbocycles. The molecule has 2 saturated heterocycles. The monoisotopic (exact) mass is 227 g/mol. The molecule has 2 aliphatic heterocycles. The van der Waals surface area contributed by atoms with Gasteiger partial charge in [-0.05, 0) is 32.4 Å². The van der Waals surface area contributed by atoms with Crippen LogP contribution >= 0.6 is 0 Å². The van der Waals surface area contributed by atoms with E-state index < -0.39 is 0 Å². The summed E-state index contributed by atoms with van der Waals surface area (Å²) in [6, 6.07) is 0. The molecule has 0 aromatic rings. The maximum Gasteiger partial charge on any atom is 0.0714 e. The van der Waals surface area contributed by atoms with E-state index in [1.54, 1.807) is 0 Å². The molecule has 94 valence electrons. The molecule has 2 heterocycles. The third-order valence-electron chi connectivity index (χ3n) is 3.63. The van der Waals surface area contributed by atoms with Crippen molar-refractivity contribution >= 4 is 0 Å². The van der Waals surface area contributed by atoms with Crippen LogP contribution < -0.4 is 5.73 Å². The van der Waals surface area contributed by atoms with Crippen molar-refractivity contribution in [3.63, 3.8) is 0 Å². The lowest BCUT2D eigenvalue weighted by Gasteiger charge is -2.18. The smallest absolute Gasteiger partial charge is 0.0714 e. The lowest BCUT2D eigenvalue weighted by Crippen LogP contribution is -2.30. The van der Waals surface area contributed by atoms with Gasteiger partial charge in [-0.3, -0.25) is 4.90 Å². The summed E-state index contributed by atoms with van der Waals surface area (Å²) in [4.78, 5) is 4.91. The largest absolute Gasteiger partial charge is 0.376 e. The first-order valence-corrected chi connectivity index (χ1v) is 6.65. The van der Waals surface area contributed by atoms with Gasteiger partial charge in [-0.1, -0.05) is 0 Å². The van der Waals surface area contributed by atoms with Crippen molar-refractivity contribution in [3.05, 3.63) is 0 Å². The molecular weight excluding hydrogens is 202 g/mol. The van der Waals surface area contributed by atoms with Crippen LogP contribution in [0, 0.1) is 0 Å². The quantitative estimate of drug-likeness (QED) is 0.700. The maximum absolute atomic E-state index is 5.92. The number of rotatable bonds is 6. The van der Waals surface area contributed by atoms with Crippen molar-refractivity contribution in [1.82, 2.24) is 9.80 Å². The van der Waals surface area contributed by atoms with Crippen LogP contribution in [0.15, 0.2) is 0 Å². The Bertz CT molecular complexity index is 195.